The number of hydrogen-bond acceptors (Lipinski definition) is 2. The summed E-state index contributed by atoms with van der Waals surface area (Å²) in [6.07, 6.45) is 0.693. The van der Waals surface area contributed by atoms with E-state index in [-0.39, 0.29) is 29.1 Å². The van der Waals surface area contributed by atoms with Gasteiger partial charge in [0.15, 0.2) is 0 Å². The van der Waals surface area contributed by atoms with Crippen molar-refractivity contribution in [2.24, 2.45) is 17.3 Å². The molecular weight excluding hydrogens is 202 g/mol. The number of amides is 2. The van der Waals surface area contributed by atoms with Crippen molar-refractivity contribution in [2.75, 3.05) is 12.4 Å². The summed E-state index contributed by atoms with van der Waals surface area (Å²) in [7, 11) is 0. The summed E-state index contributed by atoms with van der Waals surface area (Å²) in [6, 6.07) is 0. The maximum Gasteiger partial charge on any atom is 0.233 e. The van der Waals surface area contributed by atoms with E-state index in [4.69, 9.17) is 11.6 Å². The number of rotatable bonds is 3. The third kappa shape index (κ3) is 1.11. The summed E-state index contributed by atoms with van der Waals surface area (Å²) in [5, 5.41) is 0. The highest BCUT2D eigenvalue weighted by Gasteiger charge is 2.72. The molecule has 0 aromatic carbocycles. The van der Waals surface area contributed by atoms with E-state index in [1.807, 2.05) is 13.8 Å². The summed E-state index contributed by atoms with van der Waals surface area (Å²) in [4.78, 5) is 24.9. The molecule has 4 heteroatoms. The van der Waals surface area contributed by atoms with Gasteiger partial charge in [-0.1, -0.05) is 13.8 Å². The van der Waals surface area contributed by atoms with Gasteiger partial charge in [0.1, 0.15) is 0 Å². The molecule has 1 aliphatic carbocycles. The van der Waals surface area contributed by atoms with Crippen LogP contribution in [0.2, 0.25) is 0 Å². The number of likely N-dealkylation sites (tertiary alicyclic amines) is 1. The number of hydrogen-bond donors (Lipinski definition) is 0. The summed E-state index contributed by atoms with van der Waals surface area (Å²) in [5.41, 5.74) is -0.0916. The number of alkyl halides is 1. The van der Waals surface area contributed by atoms with Crippen LogP contribution in [0.1, 0.15) is 20.3 Å². The van der Waals surface area contributed by atoms with Gasteiger partial charge in [0, 0.05) is 12.4 Å². The minimum atomic E-state index is -0.0916. The molecule has 2 aliphatic rings. The number of halogens is 1. The standard InChI is InChI=1S/C10H14ClNO2/c1-10(2)6-7(10)9(14)12(8(6)13)5-3-4-11/h6-7H,3-5H2,1-2H3. The van der Waals surface area contributed by atoms with Crippen molar-refractivity contribution in [3.05, 3.63) is 0 Å². The zero-order valence-electron chi connectivity index (χ0n) is 8.42. The molecule has 78 valence electrons. The third-order valence-electron chi connectivity index (χ3n) is 3.41. The third-order valence-corrected chi connectivity index (χ3v) is 3.67. The maximum atomic E-state index is 11.7. The van der Waals surface area contributed by atoms with Crippen molar-refractivity contribution in [1.82, 2.24) is 4.90 Å². The van der Waals surface area contributed by atoms with Crippen LogP contribution in [-0.2, 0) is 9.59 Å². The van der Waals surface area contributed by atoms with Gasteiger partial charge in [-0.3, -0.25) is 14.5 Å². The molecule has 1 heterocycles. The lowest BCUT2D eigenvalue weighted by Gasteiger charge is -2.19. The fraction of sp³-hybridized carbons (Fsp3) is 0.800. The molecule has 14 heavy (non-hydrogen) atoms. The van der Waals surface area contributed by atoms with Crippen molar-refractivity contribution in [2.45, 2.75) is 20.3 Å². The van der Waals surface area contributed by atoms with Crippen LogP contribution in [0.4, 0.5) is 0 Å². The lowest BCUT2D eigenvalue weighted by molar-refractivity contribution is -0.143. The van der Waals surface area contributed by atoms with Gasteiger partial charge in [-0.05, 0) is 11.8 Å². The number of fused-ring (bicyclic) bond motifs is 1. The Balaban J connectivity index is 2.06. The Hall–Kier alpha value is -0.570. The van der Waals surface area contributed by atoms with Gasteiger partial charge in [-0.2, -0.15) is 0 Å². The molecular formula is C10H14ClNO2. The molecule has 2 rings (SSSR count). The first-order chi connectivity index (χ1) is 6.51. The number of carbonyl (C=O) groups excluding carboxylic acids is 2. The van der Waals surface area contributed by atoms with E-state index in [2.05, 4.69) is 0 Å². The van der Waals surface area contributed by atoms with Crippen molar-refractivity contribution in [3.8, 4) is 0 Å². The second-order valence-corrected chi connectivity index (χ2v) is 5.03. The largest absolute Gasteiger partial charge is 0.282 e. The molecule has 2 amide bonds. The predicted molar refractivity (Wildman–Crippen MR) is 52.8 cm³/mol. The fourth-order valence-electron chi connectivity index (χ4n) is 2.44. The van der Waals surface area contributed by atoms with E-state index in [0.717, 1.165) is 0 Å². The minimum Gasteiger partial charge on any atom is -0.282 e. The van der Waals surface area contributed by atoms with Crippen LogP contribution in [0.5, 0.6) is 0 Å². The monoisotopic (exact) mass is 215 g/mol. The first kappa shape index (κ1) is 9.97. The Kier molecular flexibility index (Phi) is 2.11. The fourth-order valence-corrected chi connectivity index (χ4v) is 2.56. The van der Waals surface area contributed by atoms with Gasteiger partial charge in [0.25, 0.3) is 0 Å². The quantitative estimate of drug-likeness (QED) is 0.525. The highest BCUT2D eigenvalue weighted by molar-refractivity contribution is 6.18. The molecule has 0 bridgehead atoms. The molecule has 1 saturated heterocycles. The lowest BCUT2D eigenvalue weighted by Crippen LogP contribution is -2.37. The molecule has 2 atom stereocenters. The number of imide groups is 1. The van der Waals surface area contributed by atoms with Crippen LogP contribution >= 0.6 is 11.6 Å². The highest BCUT2D eigenvalue weighted by atomic mass is 35.5. The highest BCUT2D eigenvalue weighted by Crippen LogP contribution is 2.63. The summed E-state index contributed by atoms with van der Waals surface area (Å²) in [5.74, 6) is 0.413. The summed E-state index contributed by atoms with van der Waals surface area (Å²) >= 11 is 5.53. The molecule has 2 unspecified atom stereocenters. The molecule has 0 N–H and O–H groups in total. The molecule has 0 radical (unpaired) electrons. The molecule has 3 nitrogen and oxygen atoms in total. The number of carbonyl (C=O) groups is 2. The van der Waals surface area contributed by atoms with Crippen molar-refractivity contribution < 1.29 is 9.59 Å². The van der Waals surface area contributed by atoms with E-state index < -0.39 is 0 Å². The summed E-state index contributed by atoms with van der Waals surface area (Å²) in [6.45, 7) is 4.46. The second-order valence-electron chi connectivity index (χ2n) is 4.65. The second kappa shape index (κ2) is 2.96. The van der Waals surface area contributed by atoms with Crippen LogP contribution in [0.3, 0.4) is 0 Å². The van der Waals surface area contributed by atoms with Crippen molar-refractivity contribution >= 4 is 23.4 Å². The predicted octanol–water partition coefficient (Wildman–Crippen LogP) is 1.26. The van der Waals surface area contributed by atoms with E-state index in [9.17, 15) is 9.59 Å². The Labute approximate surface area is 88.4 Å². The van der Waals surface area contributed by atoms with Crippen LogP contribution in [0.25, 0.3) is 0 Å². The van der Waals surface area contributed by atoms with Gasteiger partial charge in [0.05, 0.1) is 11.8 Å². The lowest BCUT2D eigenvalue weighted by atomic mass is 10.1. The Morgan fingerprint density at radius 3 is 2.21 bits per heavy atom. The summed E-state index contributed by atoms with van der Waals surface area (Å²) < 4.78 is 0. The van der Waals surface area contributed by atoms with Crippen molar-refractivity contribution in [3.63, 3.8) is 0 Å². The van der Waals surface area contributed by atoms with Crippen molar-refractivity contribution in [1.29, 1.82) is 0 Å². The zero-order valence-corrected chi connectivity index (χ0v) is 9.17. The molecule has 0 spiro atoms. The molecule has 0 aromatic rings. The normalized spacial score (nSPS) is 33.5. The van der Waals surface area contributed by atoms with Crippen LogP contribution in [0.15, 0.2) is 0 Å². The van der Waals surface area contributed by atoms with Gasteiger partial charge in [-0.15, -0.1) is 11.6 Å². The molecule has 0 aromatic heterocycles. The van der Waals surface area contributed by atoms with Gasteiger partial charge < -0.3 is 0 Å². The first-order valence-electron chi connectivity index (χ1n) is 4.93. The Morgan fingerprint density at radius 2 is 1.79 bits per heavy atom. The average Bonchev–Trinajstić information content (AvgIpc) is 2.57. The van der Waals surface area contributed by atoms with Gasteiger partial charge in [0.2, 0.25) is 11.8 Å². The first-order valence-corrected chi connectivity index (χ1v) is 5.46. The van der Waals surface area contributed by atoms with Crippen LogP contribution in [-0.4, -0.2) is 29.1 Å². The van der Waals surface area contributed by atoms with Crippen LogP contribution in [0, 0.1) is 17.3 Å². The SMILES string of the molecule is CC1(C)C2C(=O)N(CCCCl)C(=O)C21. The smallest absolute Gasteiger partial charge is 0.233 e. The number of piperidine rings is 1. The maximum absolute atomic E-state index is 11.7. The number of nitrogens with zero attached hydrogens (tertiary/aromatic N) is 1. The Bertz CT molecular complexity index is 276. The van der Waals surface area contributed by atoms with E-state index in [0.29, 0.717) is 18.8 Å². The van der Waals surface area contributed by atoms with Gasteiger partial charge >= 0.3 is 0 Å². The molecule has 2 fully saturated rings. The molecule has 1 saturated carbocycles. The molecule has 1 aliphatic heterocycles. The zero-order chi connectivity index (χ0) is 10.5. The average molecular weight is 216 g/mol. The topological polar surface area (TPSA) is 37.4 Å². The van der Waals surface area contributed by atoms with E-state index in [1.54, 1.807) is 0 Å². The Morgan fingerprint density at radius 1 is 1.29 bits per heavy atom. The minimum absolute atomic E-state index is 0.00937. The van der Waals surface area contributed by atoms with E-state index in [1.165, 1.54) is 4.90 Å². The van der Waals surface area contributed by atoms with Crippen LogP contribution < -0.4 is 0 Å². The van der Waals surface area contributed by atoms with Gasteiger partial charge in [-0.25, -0.2) is 0 Å². The van der Waals surface area contributed by atoms with E-state index >= 15 is 0 Å².